The van der Waals surface area contributed by atoms with E-state index in [4.69, 9.17) is 4.74 Å². The van der Waals surface area contributed by atoms with Crippen LogP contribution < -0.4 is 9.64 Å². The van der Waals surface area contributed by atoms with Crippen molar-refractivity contribution in [3.63, 3.8) is 0 Å². The molecule has 23 heavy (non-hydrogen) atoms. The quantitative estimate of drug-likeness (QED) is 0.734. The lowest BCUT2D eigenvalue weighted by molar-refractivity contribution is 0.206. The predicted molar refractivity (Wildman–Crippen MR) is 86.5 cm³/mol. The summed E-state index contributed by atoms with van der Waals surface area (Å²) < 4.78 is 7.91. The summed E-state index contributed by atoms with van der Waals surface area (Å²) in [4.78, 5) is 19.7. The van der Waals surface area contributed by atoms with Crippen LogP contribution in [0.4, 0.5) is 5.95 Å². The monoisotopic (exact) mass is 310 g/mol. The van der Waals surface area contributed by atoms with Gasteiger partial charge in [0, 0.05) is 38.6 Å². The van der Waals surface area contributed by atoms with E-state index < -0.39 is 0 Å². The standard InChI is InChI=1S/C16H18N6O/c1-11-8-18-15(19-9-11)23-12-5-7-22(10-12)16-20-13-4-3-6-17-14(13)21(16)2/h3-4,6,8-9,12H,5,7,10H2,1-2H3. The van der Waals surface area contributed by atoms with Gasteiger partial charge in [0.15, 0.2) is 5.65 Å². The van der Waals surface area contributed by atoms with Crippen LogP contribution in [0.15, 0.2) is 30.7 Å². The van der Waals surface area contributed by atoms with Crippen LogP contribution in [0, 0.1) is 6.92 Å². The first-order valence-electron chi connectivity index (χ1n) is 7.68. The fraction of sp³-hybridized carbons (Fsp3) is 0.375. The van der Waals surface area contributed by atoms with E-state index in [1.165, 1.54) is 0 Å². The Kier molecular flexibility index (Phi) is 3.33. The van der Waals surface area contributed by atoms with Gasteiger partial charge in [-0.05, 0) is 24.6 Å². The van der Waals surface area contributed by atoms with E-state index in [9.17, 15) is 0 Å². The molecule has 0 N–H and O–H groups in total. The summed E-state index contributed by atoms with van der Waals surface area (Å²) in [7, 11) is 1.99. The van der Waals surface area contributed by atoms with E-state index >= 15 is 0 Å². The van der Waals surface area contributed by atoms with Crippen LogP contribution in [0.5, 0.6) is 6.01 Å². The van der Waals surface area contributed by atoms with E-state index in [-0.39, 0.29) is 6.10 Å². The molecule has 4 heterocycles. The van der Waals surface area contributed by atoms with Gasteiger partial charge in [0.25, 0.3) is 0 Å². The third-order valence-corrected chi connectivity index (χ3v) is 4.06. The molecule has 0 radical (unpaired) electrons. The van der Waals surface area contributed by atoms with Gasteiger partial charge in [0.2, 0.25) is 5.95 Å². The normalized spacial score (nSPS) is 17.8. The smallest absolute Gasteiger partial charge is 0.316 e. The summed E-state index contributed by atoms with van der Waals surface area (Å²) in [6.45, 7) is 3.63. The molecule has 0 aliphatic carbocycles. The van der Waals surface area contributed by atoms with E-state index in [0.29, 0.717) is 6.01 Å². The minimum absolute atomic E-state index is 0.0745. The van der Waals surface area contributed by atoms with Crippen LogP contribution >= 0.6 is 0 Å². The minimum Gasteiger partial charge on any atom is -0.458 e. The van der Waals surface area contributed by atoms with Gasteiger partial charge in [0.05, 0.1) is 6.54 Å². The van der Waals surface area contributed by atoms with Crippen molar-refractivity contribution in [2.24, 2.45) is 7.05 Å². The second-order valence-corrected chi connectivity index (χ2v) is 5.83. The predicted octanol–water partition coefficient (Wildman–Crippen LogP) is 1.72. The van der Waals surface area contributed by atoms with Gasteiger partial charge in [-0.2, -0.15) is 0 Å². The molecule has 0 bridgehead atoms. The minimum atomic E-state index is 0.0745. The number of rotatable bonds is 3. The van der Waals surface area contributed by atoms with Crippen LogP contribution in [0.25, 0.3) is 11.2 Å². The van der Waals surface area contributed by atoms with Gasteiger partial charge in [0.1, 0.15) is 11.6 Å². The maximum absolute atomic E-state index is 5.88. The molecule has 7 heteroatoms. The van der Waals surface area contributed by atoms with Crippen LogP contribution in [-0.2, 0) is 7.05 Å². The summed E-state index contributed by atoms with van der Waals surface area (Å²) in [6.07, 6.45) is 6.33. The van der Waals surface area contributed by atoms with Crippen LogP contribution in [0.1, 0.15) is 12.0 Å². The number of hydrogen-bond acceptors (Lipinski definition) is 6. The topological polar surface area (TPSA) is 69.0 Å². The molecule has 0 spiro atoms. The lowest BCUT2D eigenvalue weighted by Gasteiger charge is -2.17. The third-order valence-electron chi connectivity index (χ3n) is 4.06. The molecule has 1 aliphatic heterocycles. The summed E-state index contributed by atoms with van der Waals surface area (Å²) in [6, 6.07) is 4.33. The van der Waals surface area contributed by atoms with Gasteiger partial charge >= 0.3 is 6.01 Å². The second kappa shape index (κ2) is 5.49. The molecule has 1 aliphatic rings. The number of anilines is 1. The highest BCUT2D eigenvalue weighted by atomic mass is 16.5. The van der Waals surface area contributed by atoms with Gasteiger partial charge in [-0.1, -0.05) is 0 Å². The summed E-state index contributed by atoms with van der Waals surface area (Å²) >= 11 is 0. The molecule has 1 saturated heterocycles. The van der Waals surface area contributed by atoms with Crippen LogP contribution in [-0.4, -0.2) is 43.7 Å². The molecular formula is C16H18N6O. The molecule has 0 aromatic carbocycles. The number of pyridine rings is 1. The van der Waals surface area contributed by atoms with Crippen LogP contribution in [0.3, 0.4) is 0 Å². The molecular weight excluding hydrogens is 292 g/mol. The molecule has 3 aromatic rings. The lowest BCUT2D eigenvalue weighted by Crippen LogP contribution is -2.27. The van der Waals surface area contributed by atoms with Crippen molar-refractivity contribution in [2.45, 2.75) is 19.4 Å². The highest BCUT2D eigenvalue weighted by molar-refractivity contribution is 5.74. The molecule has 1 unspecified atom stereocenters. The van der Waals surface area contributed by atoms with Gasteiger partial charge in [-0.15, -0.1) is 0 Å². The number of ether oxygens (including phenoxy) is 1. The number of hydrogen-bond donors (Lipinski definition) is 0. The van der Waals surface area contributed by atoms with E-state index in [1.54, 1.807) is 18.6 Å². The van der Waals surface area contributed by atoms with Crippen molar-refractivity contribution in [3.8, 4) is 6.01 Å². The van der Waals surface area contributed by atoms with Crippen molar-refractivity contribution in [2.75, 3.05) is 18.0 Å². The Balaban J connectivity index is 1.51. The SMILES string of the molecule is Cc1cnc(OC2CCN(c3nc4cccnc4n3C)C2)nc1. The maximum atomic E-state index is 5.88. The number of fused-ring (bicyclic) bond motifs is 1. The Morgan fingerprint density at radius 2 is 2.04 bits per heavy atom. The fourth-order valence-corrected chi connectivity index (χ4v) is 2.89. The lowest BCUT2D eigenvalue weighted by atomic mass is 10.3. The third kappa shape index (κ3) is 2.58. The second-order valence-electron chi connectivity index (χ2n) is 5.83. The Morgan fingerprint density at radius 3 is 2.83 bits per heavy atom. The van der Waals surface area contributed by atoms with E-state index in [2.05, 4.69) is 24.8 Å². The van der Waals surface area contributed by atoms with E-state index in [1.807, 2.05) is 30.7 Å². The zero-order valence-corrected chi connectivity index (χ0v) is 13.2. The van der Waals surface area contributed by atoms with Crippen LogP contribution in [0.2, 0.25) is 0 Å². The molecule has 7 nitrogen and oxygen atoms in total. The fourth-order valence-electron chi connectivity index (χ4n) is 2.89. The average Bonchev–Trinajstić information content (AvgIpc) is 3.15. The first kappa shape index (κ1) is 13.9. The Labute approximate surface area is 134 Å². The highest BCUT2D eigenvalue weighted by Gasteiger charge is 2.28. The molecule has 118 valence electrons. The Bertz CT molecular complexity index is 828. The molecule has 1 atom stereocenters. The maximum Gasteiger partial charge on any atom is 0.316 e. The number of aromatic nitrogens is 5. The number of aryl methyl sites for hydroxylation is 2. The first-order chi connectivity index (χ1) is 11.2. The Morgan fingerprint density at radius 1 is 1.22 bits per heavy atom. The van der Waals surface area contributed by atoms with Crippen molar-refractivity contribution in [3.05, 3.63) is 36.3 Å². The molecule has 0 saturated carbocycles. The largest absolute Gasteiger partial charge is 0.458 e. The van der Waals surface area contributed by atoms with Gasteiger partial charge < -0.3 is 9.64 Å². The highest BCUT2D eigenvalue weighted by Crippen LogP contribution is 2.24. The zero-order chi connectivity index (χ0) is 15.8. The van der Waals surface area contributed by atoms with Crippen molar-refractivity contribution >= 4 is 17.1 Å². The summed E-state index contributed by atoms with van der Waals surface area (Å²) in [5, 5.41) is 0. The number of imidazole rings is 1. The summed E-state index contributed by atoms with van der Waals surface area (Å²) in [5.41, 5.74) is 2.84. The van der Waals surface area contributed by atoms with Gasteiger partial charge in [-0.3, -0.25) is 4.57 Å². The number of nitrogens with zero attached hydrogens (tertiary/aromatic N) is 6. The average molecular weight is 310 g/mol. The van der Waals surface area contributed by atoms with E-state index in [0.717, 1.165) is 42.2 Å². The van der Waals surface area contributed by atoms with Gasteiger partial charge in [-0.25, -0.2) is 19.9 Å². The Hall–Kier alpha value is -2.70. The van der Waals surface area contributed by atoms with Crippen molar-refractivity contribution < 1.29 is 4.74 Å². The summed E-state index contributed by atoms with van der Waals surface area (Å²) in [5.74, 6) is 0.926. The van der Waals surface area contributed by atoms with Crippen molar-refractivity contribution in [1.29, 1.82) is 0 Å². The molecule has 0 amide bonds. The molecule has 1 fully saturated rings. The molecule has 3 aromatic heterocycles. The first-order valence-corrected chi connectivity index (χ1v) is 7.68. The molecule has 4 rings (SSSR count). The zero-order valence-electron chi connectivity index (χ0n) is 13.2. The van der Waals surface area contributed by atoms with Crippen molar-refractivity contribution in [1.82, 2.24) is 24.5 Å².